The second-order valence-electron chi connectivity index (χ2n) is 5.36. The summed E-state index contributed by atoms with van der Waals surface area (Å²) in [4.78, 5) is 24.9. The smallest absolute Gasteiger partial charge is 0.282 e. The maximum atomic E-state index is 12.6. The Morgan fingerprint density at radius 3 is 2.50 bits per heavy atom. The molecule has 0 spiro atoms. The first kappa shape index (κ1) is 18.1. The van der Waals surface area contributed by atoms with Crippen LogP contribution in [0.5, 0.6) is 11.5 Å². The number of carbonyl (C=O) groups excluding carboxylic acids is 2. The summed E-state index contributed by atoms with van der Waals surface area (Å²) in [6, 6.07) is 9.82. The molecule has 0 radical (unpaired) electrons. The largest absolute Gasteiger partial charge is 0.493 e. The molecule has 1 fully saturated rings. The van der Waals surface area contributed by atoms with Crippen LogP contribution in [0.15, 0.2) is 42.0 Å². The Labute approximate surface area is 159 Å². The average Bonchev–Trinajstić information content (AvgIpc) is 2.89. The van der Waals surface area contributed by atoms with Gasteiger partial charge >= 0.3 is 0 Å². The highest BCUT2D eigenvalue weighted by molar-refractivity contribution is 6.34. The topological polar surface area (TPSA) is 67.9 Å². The number of hydrogen-bond acceptors (Lipinski definition) is 4. The van der Waals surface area contributed by atoms with Gasteiger partial charge in [-0.15, -0.1) is 0 Å². The molecule has 0 unspecified atom stereocenters. The van der Waals surface area contributed by atoms with Gasteiger partial charge in [0.05, 0.1) is 24.9 Å². The lowest BCUT2D eigenvalue weighted by atomic mass is 10.1. The number of anilines is 1. The molecule has 0 aliphatic carbocycles. The summed E-state index contributed by atoms with van der Waals surface area (Å²) in [6.07, 6.45) is 1.44. The average molecular weight is 393 g/mol. The summed E-state index contributed by atoms with van der Waals surface area (Å²) in [6.45, 7) is 0. The van der Waals surface area contributed by atoms with E-state index in [0.717, 1.165) is 5.01 Å². The van der Waals surface area contributed by atoms with Gasteiger partial charge in [0.25, 0.3) is 11.8 Å². The SMILES string of the molecule is COc1cc(/C=C2/C(=O)NN(c3cccc(Cl)c3)C2=O)cc(Cl)c1OC. The standard InChI is InChI=1S/C18H14Cl2N2O4/c1-25-15-8-10(7-14(20)16(15)26-2)6-13-17(23)21-22(18(13)24)12-5-3-4-11(19)9-12/h3-9H,1-2H3,(H,21,23)/b13-6-. The molecule has 0 saturated carbocycles. The number of hydrogen-bond donors (Lipinski definition) is 1. The van der Waals surface area contributed by atoms with E-state index >= 15 is 0 Å². The fourth-order valence-corrected chi connectivity index (χ4v) is 3.02. The maximum Gasteiger partial charge on any atom is 0.282 e. The van der Waals surface area contributed by atoms with Gasteiger partial charge < -0.3 is 9.47 Å². The van der Waals surface area contributed by atoms with Crippen molar-refractivity contribution < 1.29 is 19.1 Å². The number of methoxy groups -OCH3 is 2. The van der Waals surface area contributed by atoms with Crippen molar-refractivity contribution in [2.24, 2.45) is 0 Å². The molecule has 2 aromatic carbocycles. The number of amides is 2. The predicted molar refractivity (Wildman–Crippen MR) is 99.6 cm³/mol. The fourth-order valence-electron chi connectivity index (χ4n) is 2.54. The quantitative estimate of drug-likeness (QED) is 0.638. The highest BCUT2D eigenvalue weighted by Crippen LogP contribution is 2.37. The van der Waals surface area contributed by atoms with Crippen LogP contribution in [0.25, 0.3) is 6.08 Å². The van der Waals surface area contributed by atoms with E-state index in [-0.39, 0.29) is 5.57 Å². The molecule has 1 aliphatic heterocycles. The van der Waals surface area contributed by atoms with E-state index in [9.17, 15) is 9.59 Å². The molecule has 1 N–H and O–H groups in total. The zero-order valence-corrected chi connectivity index (χ0v) is 15.4. The fraction of sp³-hybridized carbons (Fsp3) is 0.111. The number of hydrazine groups is 1. The summed E-state index contributed by atoms with van der Waals surface area (Å²) in [5.74, 6) is -0.257. The first-order chi connectivity index (χ1) is 12.4. The Morgan fingerprint density at radius 1 is 1.08 bits per heavy atom. The van der Waals surface area contributed by atoms with Gasteiger partial charge in [0, 0.05) is 5.02 Å². The van der Waals surface area contributed by atoms with E-state index in [1.807, 2.05) is 0 Å². The minimum absolute atomic E-state index is 0.0340. The Kier molecular flexibility index (Phi) is 5.06. The van der Waals surface area contributed by atoms with Crippen LogP contribution in [0.2, 0.25) is 10.0 Å². The number of nitrogens with zero attached hydrogens (tertiary/aromatic N) is 1. The van der Waals surface area contributed by atoms with Gasteiger partial charge in [0.1, 0.15) is 5.57 Å². The number of ether oxygens (including phenoxy) is 2. The van der Waals surface area contributed by atoms with E-state index in [4.69, 9.17) is 32.7 Å². The third-order valence-corrected chi connectivity index (χ3v) is 4.24. The van der Waals surface area contributed by atoms with Crippen LogP contribution < -0.4 is 19.9 Å². The van der Waals surface area contributed by atoms with Crippen molar-refractivity contribution in [3.63, 3.8) is 0 Å². The van der Waals surface area contributed by atoms with Crippen LogP contribution in [-0.2, 0) is 9.59 Å². The van der Waals surface area contributed by atoms with Crippen molar-refractivity contribution in [2.75, 3.05) is 19.2 Å². The molecule has 3 rings (SSSR count). The highest BCUT2D eigenvalue weighted by atomic mass is 35.5. The van der Waals surface area contributed by atoms with Crippen molar-refractivity contribution >= 4 is 46.8 Å². The summed E-state index contributed by atoms with van der Waals surface area (Å²) < 4.78 is 10.4. The zero-order chi connectivity index (χ0) is 18.8. The van der Waals surface area contributed by atoms with Gasteiger partial charge in [-0.3, -0.25) is 15.0 Å². The van der Waals surface area contributed by atoms with Crippen LogP contribution in [0.1, 0.15) is 5.56 Å². The summed E-state index contributed by atoms with van der Waals surface area (Å²) in [7, 11) is 2.94. The van der Waals surface area contributed by atoms with Gasteiger partial charge in [-0.05, 0) is 42.0 Å². The van der Waals surface area contributed by atoms with E-state index in [0.29, 0.717) is 32.8 Å². The Hall–Kier alpha value is -2.70. The number of carbonyl (C=O) groups is 2. The molecule has 2 amide bonds. The van der Waals surface area contributed by atoms with Gasteiger partial charge in [-0.2, -0.15) is 0 Å². The van der Waals surface area contributed by atoms with E-state index in [1.165, 1.54) is 20.3 Å². The molecule has 8 heteroatoms. The first-order valence-corrected chi connectivity index (χ1v) is 8.24. The molecular formula is C18H14Cl2N2O4. The van der Waals surface area contributed by atoms with Gasteiger partial charge in [0.2, 0.25) is 0 Å². The molecule has 26 heavy (non-hydrogen) atoms. The minimum Gasteiger partial charge on any atom is -0.493 e. The second kappa shape index (κ2) is 7.27. The molecule has 6 nitrogen and oxygen atoms in total. The van der Waals surface area contributed by atoms with Gasteiger partial charge in [-0.25, -0.2) is 5.01 Å². The van der Waals surface area contributed by atoms with Gasteiger partial charge in [-0.1, -0.05) is 29.3 Å². The molecule has 1 heterocycles. The minimum atomic E-state index is -0.527. The van der Waals surface area contributed by atoms with Crippen molar-refractivity contribution in [2.45, 2.75) is 0 Å². The molecule has 0 atom stereocenters. The van der Waals surface area contributed by atoms with E-state index < -0.39 is 11.8 Å². The van der Waals surface area contributed by atoms with E-state index in [2.05, 4.69) is 5.43 Å². The van der Waals surface area contributed by atoms with Crippen molar-refractivity contribution in [1.82, 2.24) is 5.43 Å². The summed E-state index contributed by atoms with van der Waals surface area (Å²) >= 11 is 12.1. The Bertz CT molecular complexity index is 927. The number of benzene rings is 2. The Balaban J connectivity index is 1.98. The molecular weight excluding hydrogens is 379 g/mol. The lowest BCUT2D eigenvalue weighted by molar-refractivity contribution is -0.117. The van der Waals surface area contributed by atoms with Crippen LogP contribution in [0, 0.1) is 0 Å². The van der Waals surface area contributed by atoms with E-state index in [1.54, 1.807) is 36.4 Å². The summed E-state index contributed by atoms with van der Waals surface area (Å²) in [5.41, 5.74) is 3.47. The number of rotatable bonds is 4. The van der Waals surface area contributed by atoms with Crippen LogP contribution in [0.4, 0.5) is 5.69 Å². The number of halogens is 2. The third kappa shape index (κ3) is 3.34. The third-order valence-electron chi connectivity index (χ3n) is 3.72. The monoisotopic (exact) mass is 392 g/mol. The lowest BCUT2D eigenvalue weighted by Crippen LogP contribution is -2.35. The molecule has 134 valence electrons. The van der Waals surface area contributed by atoms with Crippen molar-refractivity contribution in [3.8, 4) is 11.5 Å². The zero-order valence-electron chi connectivity index (χ0n) is 13.9. The summed E-state index contributed by atoms with van der Waals surface area (Å²) in [5, 5.41) is 1.90. The van der Waals surface area contributed by atoms with Gasteiger partial charge in [0.15, 0.2) is 11.5 Å². The molecule has 1 aliphatic rings. The van der Waals surface area contributed by atoms with Crippen molar-refractivity contribution in [3.05, 3.63) is 57.6 Å². The predicted octanol–water partition coefficient (Wildman–Crippen LogP) is 3.47. The first-order valence-electron chi connectivity index (χ1n) is 7.49. The van der Waals surface area contributed by atoms with Crippen LogP contribution in [-0.4, -0.2) is 26.0 Å². The maximum absolute atomic E-state index is 12.6. The normalized spacial score (nSPS) is 15.4. The molecule has 1 saturated heterocycles. The Morgan fingerprint density at radius 2 is 1.85 bits per heavy atom. The number of nitrogens with one attached hydrogen (secondary N) is 1. The lowest BCUT2D eigenvalue weighted by Gasteiger charge is -2.14. The van der Waals surface area contributed by atoms with Crippen LogP contribution >= 0.6 is 23.2 Å². The molecule has 0 aromatic heterocycles. The highest BCUT2D eigenvalue weighted by Gasteiger charge is 2.34. The van der Waals surface area contributed by atoms with Crippen LogP contribution in [0.3, 0.4) is 0 Å². The molecule has 2 aromatic rings. The second-order valence-corrected chi connectivity index (χ2v) is 6.20. The van der Waals surface area contributed by atoms with Crippen molar-refractivity contribution in [1.29, 1.82) is 0 Å². The molecule has 0 bridgehead atoms.